The molecule has 0 saturated carbocycles. The largest absolute Gasteiger partial charge is 0.457 e. The third-order valence-electron chi connectivity index (χ3n) is 2.44. The smallest absolute Gasteiger partial charge is 0.218 e. The van der Waals surface area contributed by atoms with Crippen molar-refractivity contribution >= 4 is 0 Å². The molecule has 0 unspecified atom stereocenters. The monoisotopic (exact) mass is 223 g/mol. The van der Waals surface area contributed by atoms with Crippen molar-refractivity contribution in [3.05, 3.63) is 71.6 Å². The molecule has 0 spiro atoms. The standard InChI is InChI=1S/C15H13NO/c1-16-12-11-13-7-5-6-10-15(13)17-14-8-3-2-4-9-14/h2-10H,11-12H2. The van der Waals surface area contributed by atoms with E-state index in [1.165, 1.54) is 0 Å². The Hall–Kier alpha value is -2.27. The average molecular weight is 223 g/mol. The first-order valence-corrected chi connectivity index (χ1v) is 5.54. The van der Waals surface area contributed by atoms with Gasteiger partial charge in [-0.3, -0.25) is 0 Å². The van der Waals surface area contributed by atoms with Crippen LogP contribution in [0.15, 0.2) is 54.6 Å². The molecule has 0 aromatic heterocycles. The van der Waals surface area contributed by atoms with Gasteiger partial charge in [0.05, 0.1) is 0 Å². The first kappa shape index (κ1) is 11.2. The predicted molar refractivity (Wildman–Crippen MR) is 68.1 cm³/mol. The van der Waals surface area contributed by atoms with Crippen LogP contribution in [0.5, 0.6) is 11.5 Å². The number of nitrogens with zero attached hydrogens (tertiary/aromatic N) is 1. The van der Waals surface area contributed by atoms with Crippen molar-refractivity contribution in [2.45, 2.75) is 6.42 Å². The molecule has 2 nitrogen and oxygen atoms in total. The summed E-state index contributed by atoms with van der Waals surface area (Å²) in [7, 11) is 0. The Morgan fingerprint density at radius 2 is 1.65 bits per heavy atom. The van der Waals surface area contributed by atoms with Crippen LogP contribution in [0, 0.1) is 6.57 Å². The van der Waals surface area contributed by atoms with Crippen molar-refractivity contribution in [1.82, 2.24) is 0 Å². The molecule has 0 aliphatic heterocycles. The fraction of sp³-hybridized carbons (Fsp3) is 0.133. The highest BCUT2D eigenvalue weighted by molar-refractivity contribution is 5.38. The highest BCUT2D eigenvalue weighted by Crippen LogP contribution is 2.25. The number of rotatable bonds is 4. The van der Waals surface area contributed by atoms with Gasteiger partial charge in [0.25, 0.3) is 0 Å². The van der Waals surface area contributed by atoms with Gasteiger partial charge in [-0.05, 0) is 18.2 Å². The van der Waals surface area contributed by atoms with E-state index in [0.29, 0.717) is 6.54 Å². The van der Waals surface area contributed by atoms with Gasteiger partial charge in [0.2, 0.25) is 6.54 Å². The van der Waals surface area contributed by atoms with Crippen LogP contribution in [0.3, 0.4) is 0 Å². The van der Waals surface area contributed by atoms with E-state index >= 15 is 0 Å². The summed E-state index contributed by atoms with van der Waals surface area (Å²) in [5, 5.41) is 0. The van der Waals surface area contributed by atoms with Crippen LogP contribution in [0.1, 0.15) is 5.56 Å². The van der Waals surface area contributed by atoms with Gasteiger partial charge in [-0.2, -0.15) is 0 Å². The van der Waals surface area contributed by atoms with Gasteiger partial charge in [-0.15, -0.1) is 0 Å². The molecular weight excluding hydrogens is 210 g/mol. The van der Waals surface area contributed by atoms with Crippen LogP contribution >= 0.6 is 0 Å². The average Bonchev–Trinajstić information content (AvgIpc) is 2.39. The fourth-order valence-electron chi connectivity index (χ4n) is 1.60. The molecule has 0 aliphatic carbocycles. The zero-order chi connectivity index (χ0) is 11.9. The van der Waals surface area contributed by atoms with Crippen LogP contribution in [0.4, 0.5) is 0 Å². The van der Waals surface area contributed by atoms with E-state index in [2.05, 4.69) is 4.85 Å². The zero-order valence-electron chi connectivity index (χ0n) is 9.47. The molecule has 0 heterocycles. The van der Waals surface area contributed by atoms with Crippen LogP contribution < -0.4 is 4.74 Å². The second kappa shape index (κ2) is 5.72. The summed E-state index contributed by atoms with van der Waals surface area (Å²) < 4.78 is 5.80. The Morgan fingerprint density at radius 1 is 0.941 bits per heavy atom. The van der Waals surface area contributed by atoms with Crippen LogP contribution in [0.25, 0.3) is 4.85 Å². The molecule has 2 heteroatoms. The molecule has 84 valence electrons. The van der Waals surface area contributed by atoms with Crippen molar-refractivity contribution in [2.75, 3.05) is 6.54 Å². The van der Waals surface area contributed by atoms with Gasteiger partial charge in [-0.25, -0.2) is 6.57 Å². The number of benzene rings is 2. The minimum absolute atomic E-state index is 0.495. The van der Waals surface area contributed by atoms with Gasteiger partial charge in [0.15, 0.2) is 0 Å². The Morgan fingerprint density at radius 3 is 2.41 bits per heavy atom. The van der Waals surface area contributed by atoms with E-state index < -0.39 is 0 Å². The van der Waals surface area contributed by atoms with E-state index in [9.17, 15) is 0 Å². The van der Waals surface area contributed by atoms with E-state index in [1.807, 2.05) is 54.6 Å². The molecule has 2 aromatic carbocycles. The molecule has 0 aliphatic rings. The lowest BCUT2D eigenvalue weighted by molar-refractivity contribution is 0.476. The molecule has 2 rings (SSSR count). The highest BCUT2D eigenvalue weighted by Gasteiger charge is 2.04. The highest BCUT2D eigenvalue weighted by atomic mass is 16.5. The molecule has 17 heavy (non-hydrogen) atoms. The molecule has 0 N–H and O–H groups in total. The summed E-state index contributed by atoms with van der Waals surface area (Å²) in [5.74, 6) is 1.66. The SMILES string of the molecule is [C-]#[N+]CCc1ccccc1Oc1ccccc1. The van der Waals surface area contributed by atoms with Gasteiger partial charge in [-0.1, -0.05) is 36.4 Å². The lowest BCUT2D eigenvalue weighted by atomic mass is 10.1. The first-order valence-electron chi connectivity index (χ1n) is 5.54. The maximum absolute atomic E-state index is 6.83. The number of para-hydroxylation sites is 2. The Bertz CT molecular complexity index is 514. The van der Waals surface area contributed by atoms with Crippen molar-refractivity contribution < 1.29 is 4.74 Å². The fourth-order valence-corrected chi connectivity index (χ4v) is 1.60. The number of ether oxygens (including phenoxy) is 1. The third-order valence-corrected chi connectivity index (χ3v) is 2.44. The topological polar surface area (TPSA) is 13.6 Å². The van der Waals surface area contributed by atoms with Gasteiger partial charge in [0, 0.05) is 12.0 Å². The molecule has 0 fully saturated rings. The van der Waals surface area contributed by atoms with E-state index in [4.69, 9.17) is 11.3 Å². The lowest BCUT2D eigenvalue weighted by Gasteiger charge is -2.09. The van der Waals surface area contributed by atoms with E-state index in [0.717, 1.165) is 23.5 Å². The minimum atomic E-state index is 0.495. The zero-order valence-corrected chi connectivity index (χ0v) is 9.47. The summed E-state index contributed by atoms with van der Waals surface area (Å²) in [6.07, 6.45) is 0.729. The van der Waals surface area contributed by atoms with Crippen molar-refractivity contribution in [1.29, 1.82) is 0 Å². The summed E-state index contributed by atoms with van der Waals surface area (Å²) >= 11 is 0. The molecule has 0 saturated heterocycles. The van der Waals surface area contributed by atoms with Gasteiger partial charge >= 0.3 is 0 Å². The van der Waals surface area contributed by atoms with Crippen LogP contribution in [0.2, 0.25) is 0 Å². The minimum Gasteiger partial charge on any atom is -0.457 e. The normalized spacial score (nSPS) is 9.59. The maximum Gasteiger partial charge on any atom is 0.218 e. The van der Waals surface area contributed by atoms with Crippen LogP contribution in [-0.2, 0) is 6.42 Å². The van der Waals surface area contributed by atoms with Crippen LogP contribution in [-0.4, -0.2) is 6.54 Å². The summed E-state index contributed by atoms with van der Waals surface area (Å²) in [4.78, 5) is 3.37. The Labute approximate surface area is 101 Å². The maximum atomic E-state index is 6.83. The Kier molecular flexibility index (Phi) is 3.77. The summed E-state index contributed by atoms with van der Waals surface area (Å²) in [6.45, 7) is 7.32. The predicted octanol–water partition coefficient (Wildman–Crippen LogP) is 3.94. The van der Waals surface area contributed by atoms with Gasteiger partial charge < -0.3 is 9.58 Å². The first-order chi connectivity index (χ1) is 8.40. The van der Waals surface area contributed by atoms with Crippen molar-refractivity contribution in [3.63, 3.8) is 0 Å². The summed E-state index contributed by atoms with van der Waals surface area (Å²) in [6, 6.07) is 17.5. The van der Waals surface area contributed by atoms with E-state index in [-0.39, 0.29) is 0 Å². The molecule has 0 bridgehead atoms. The quantitative estimate of drug-likeness (QED) is 0.716. The molecule has 2 aromatic rings. The molecule has 0 radical (unpaired) electrons. The lowest BCUT2D eigenvalue weighted by Crippen LogP contribution is -1.93. The second-order valence-corrected chi connectivity index (χ2v) is 3.65. The molecular formula is C15H13NO. The third kappa shape index (κ3) is 3.09. The Balaban J connectivity index is 2.18. The van der Waals surface area contributed by atoms with Crippen molar-refractivity contribution in [2.24, 2.45) is 0 Å². The number of hydrogen-bond donors (Lipinski definition) is 0. The van der Waals surface area contributed by atoms with Gasteiger partial charge in [0.1, 0.15) is 11.5 Å². The van der Waals surface area contributed by atoms with Crippen molar-refractivity contribution in [3.8, 4) is 11.5 Å². The second-order valence-electron chi connectivity index (χ2n) is 3.65. The van der Waals surface area contributed by atoms with E-state index in [1.54, 1.807) is 0 Å². The number of hydrogen-bond acceptors (Lipinski definition) is 1. The molecule has 0 atom stereocenters. The molecule has 0 amide bonds. The summed E-state index contributed by atoms with van der Waals surface area (Å²) in [5.41, 5.74) is 1.08.